The molecule has 0 heterocycles. The van der Waals surface area contributed by atoms with E-state index in [0.717, 1.165) is 11.1 Å². The third-order valence-electron chi connectivity index (χ3n) is 3.39. The number of nitrogens with two attached hydrogens (primary N) is 1. The Balaban J connectivity index is 2.40. The number of benzene rings is 2. The smallest absolute Gasteiger partial charge is 0.142 e. The molecule has 0 aliphatic heterocycles. The van der Waals surface area contributed by atoms with Crippen molar-refractivity contribution in [2.24, 2.45) is 5.73 Å². The Hall–Kier alpha value is -0.800. The highest BCUT2D eigenvalue weighted by Crippen LogP contribution is 2.34. The van der Waals surface area contributed by atoms with Crippen molar-refractivity contribution in [2.45, 2.75) is 25.8 Å². The number of aryl methyl sites for hydroxylation is 1. The zero-order chi connectivity index (χ0) is 15.8. The van der Waals surface area contributed by atoms with E-state index in [1.54, 1.807) is 6.92 Å². The lowest BCUT2D eigenvalue weighted by atomic mass is 9.86. The van der Waals surface area contributed by atoms with E-state index in [4.69, 9.17) is 40.5 Å². The van der Waals surface area contributed by atoms with E-state index in [-0.39, 0.29) is 5.02 Å². The summed E-state index contributed by atoms with van der Waals surface area (Å²) < 4.78 is 13.7. The summed E-state index contributed by atoms with van der Waals surface area (Å²) in [6, 6.07) is 8.41. The number of halogens is 4. The van der Waals surface area contributed by atoms with Crippen LogP contribution < -0.4 is 5.73 Å². The third kappa shape index (κ3) is 3.70. The molecular weight excluding hydrogens is 332 g/mol. The minimum atomic E-state index is -0.860. The normalized spacial score (nSPS) is 14.0. The number of rotatable bonds is 3. The minimum Gasteiger partial charge on any atom is -0.321 e. The molecule has 0 spiro atoms. The van der Waals surface area contributed by atoms with Crippen molar-refractivity contribution >= 4 is 34.8 Å². The Morgan fingerprint density at radius 2 is 1.71 bits per heavy atom. The maximum absolute atomic E-state index is 13.7. The molecule has 2 rings (SSSR count). The number of hydrogen-bond donors (Lipinski definition) is 1. The summed E-state index contributed by atoms with van der Waals surface area (Å²) in [5.74, 6) is -0.539. The van der Waals surface area contributed by atoms with Crippen molar-refractivity contribution in [3.63, 3.8) is 0 Å². The van der Waals surface area contributed by atoms with E-state index in [0.29, 0.717) is 22.0 Å². The first-order valence-corrected chi connectivity index (χ1v) is 7.53. The lowest BCUT2D eigenvalue weighted by Gasteiger charge is -2.27. The van der Waals surface area contributed by atoms with Gasteiger partial charge < -0.3 is 5.73 Å². The van der Waals surface area contributed by atoms with Crippen molar-refractivity contribution < 1.29 is 4.39 Å². The predicted octanol–water partition coefficient (Wildman–Crippen LogP) is 5.51. The van der Waals surface area contributed by atoms with Gasteiger partial charge in [0.1, 0.15) is 5.82 Å². The van der Waals surface area contributed by atoms with E-state index >= 15 is 0 Å². The molecule has 0 aliphatic carbocycles. The summed E-state index contributed by atoms with van der Waals surface area (Å²) in [4.78, 5) is 0. The zero-order valence-corrected chi connectivity index (χ0v) is 14.0. The van der Waals surface area contributed by atoms with Crippen LogP contribution in [-0.4, -0.2) is 0 Å². The highest BCUT2D eigenvalue weighted by atomic mass is 35.5. The van der Waals surface area contributed by atoms with Gasteiger partial charge in [0.2, 0.25) is 0 Å². The van der Waals surface area contributed by atoms with Crippen LogP contribution in [0.1, 0.15) is 23.6 Å². The quantitative estimate of drug-likeness (QED) is 0.728. The maximum atomic E-state index is 13.7. The summed E-state index contributed by atoms with van der Waals surface area (Å²) in [6.45, 7) is 3.75. The molecule has 1 unspecified atom stereocenters. The van der Waals surface area contributed by atoms with Crippen molar-refractivity contribution in [2.75, 3.05) is 0 Å². The SMILES string of the molecule is Cc1ccc(CC(C)(N)c2cc(F)c(Cl)cc2Cl)c(Cl)c1. The van der Waals surface area contributed by atoms with E-state index in [1.807, 2.05) is 25.1 Å². The van der Waals surface area contributed by atoms with Crippen LogP contribution in [0.2, 0.25) is 15.1 Å². The molecule has 2 aromatic rings. The molecule has 0 fully saturated rings. The van der Waals surface area contributed by atoms with E-state index in [2.05, 4.69) is 0 Å². The first-order valence-electron chi connectivity index (χ1n) is 6.39. The molecule has 0 saturated carbocycles. The lowest BCUT2D eigenvalue weighted by molar-refractivity contribution is 0.486. The fourth-order valence-electron chi connectivity index (χ4n) is 2.25. The van der Waals surface area contributed by atoms with Crippen LogP contribution >= 0.6 is 34.8 Å². The summed E-state index contributed by atoms with van der Waals surface area (Å²) in [5.41, 5.74) is 7.94. The Bertz CT molecular complexity index is 683. The fourth-order valence-corrected chi connectivity index (χ4v) is 3.15. The first kappa shape index (κ1) is 16.6. The largest absolute Gasteiger partial charge is 0.321 e. The van der Waals surface area contributed by atoms with Crippen LogP contribution in [0.5, 0.6) is 0 Å². The summed E-state index contributed by atoms with van der Waals surface area (Å²) in [7, 11) is 0. The Labute approximate surface area is 138 Å². The second kappa shape index (κ2) is 6.13. The molecule has 0 radical (unpaired) electrons. The Kier molecular flexibility index (Phi) is 4.84. The van der Waals surface area contributed by atoms with Crippen LogP contribution in [0.15, 0.2) is 30.3 Å². The van der Waals surface area contributed by atoms with E-state index in [9.17, 15) is 4.39 Å². The van der Waals surface area contributed by atoms with Gasteiger partial charge in [0, 0.05) is 15.6 Å². The van der Waals surface area contributed by atoms with Gasteiger partial charge in [-0.05, 0) is 55.2 Å². The van der Waals surface area contributed by atoms with Gasteiger partial charge >= 0.3 is 0 Å². The standard InChI is InChI=1S/C16H15Cl3FN/c1-9-3-4-10(12(17)5-9)8-16(2,21)11-6-15(20)14(19)7-13(11)18/h3-7H,8,21H2,1-2H3. The highest BCUT2D eigenvalue weighted by Gasteiger charge is 2.26. The molecule has 1 atom stereocenters. The van der Waals surface area contributed by atoms with Crippen LogP contribution in [0.4, 0.5) is 4.39 Å². The van der Waals surface area contributed by atoms with Crippen molar-refractivity contribution in [3.05, 3.63) is 67.9 Å². The van der Waals surface area contributed by atoms with E-state index in [1.165, 1.54) is 12.1 Å². The zero-order valence-electron chi connectivity index (χ0n) is 11.7. The van der Waals surface area contributed by atoms with Gasteiger partial charge in [-0.25, -0.2) is 4.39 Å². The average Bonchev–Trinajstić information content (AvgIpc) is 2.37. The van der Waals surface area contributed by atoms with Gasteiger partial charge in [-0.2, -0.15) is 0 Å². The Morgan fingerprint density at radius 3 is 2.33 bits per heavy atom. The van der Waals surface area contributed by atoms with Crippen molar-refractivity contribution in [3.8, 4) is 0 Å². The summed E-state index contributed by atoms with van der Waals surface area (Å²) in [5, 5.41) is 0.958. The van der Waals surface area contributed by atoms with Gasteiger partial charge in [-0.1, -0.05) is 46.9 Å². The third-order valence-corrected chi connectivity index (χ3v) is 4.35. The van der Waals surface area contributed by atoms with Crippen molar-refractivity contribution in [1.82, 2.24) is 0 Å². The molecule has 0 aromatic heterocycles. The maximum Gasteiger partial charge on any atom is 0.142 e. The topological polar surface area (TPSA) is 26.0 Å². The minimum absolute atomic E-state index is 0.0204. The lowest BCUT2D eigenvalue weighted by Crippen LogP contribution is -2.36. The summed E-state index contributed by atoms with van der Waals surface area (Å²) in [6.07, 6.45) is 0.437. The van der Waals surface area contributed by atoms with Crippen molar-refractivity contribution in [1.29, 1.82) is 0 Å². The molecule has 0 amide bonds. The predicted molar refractivity (Wildman–Crippen MR) is 87.9 cm³/mol. The molecular formula is C16H15Cl3FN. The van der Waals surface area contributed by atoms with Crippen LogP contribution in [0, 0.1) is 12.7 Å². The van der Waals surface area contributed by atoms with Gasteiger partial charge in [-0.3, -0.25) is 0 Å². The van der Waals surface area contributed by atoms with Gasteiger partial charge in [-0.15, -0.1) is 0 Å². The van der Waals surface area contributed by atoms with Crippen LogP contribution in [0.25, 0.3) is 0 Å². The second-order valence-corrected chi connectivity index (χ2v) is 6.66. The number of hydrogen-bond acceptors (Lipinski definition) is 1. The Morgan fingerprint density at radius 1 is 1.05 bits per heavy atom. The monoisotopic (exact) mass is 345 g/mol. The fraction of sp³-hybridized carbons (Fsp3) is 0.250. The average molecular weight is 347 g/mol. The molecule has 1 nitrogen and oxygen atoms in total. The van der Waals surface area contributed by atoms with Gasteiger partial charge in [0.05, 0.1) is 5.02 Å². The van der Waals surface area contributed by atoms with Crippen LogP contribution in [-0.2, 0) is 12.0 Å². The molecule has 0 saturated heterocycles. The molecule has 2 N–H and O–H groups in total. The van der Waals surface area contributed by atoms with Crippen LogP contribution in [0.3, 0.4) is 0 Å². The molecule has 112 valence electrons. The molecule has 2 aromatic carbocycles. The van der Waals surface area contributed by atoms with Gasteiger partial charge in [0.15, 0.2) is 0 Å². The van der Waals surface area contributed by atoms with E-state index < -0.39 is 11.4 Å². The first-order chi connectivity index (χ1) is 9.70. The highest BCUT2D eigenvalue weighted by molar-refractivity contribution is 6.35. The summed E-state index contributed by atoms with van der Waals surface area (Å²) >= 11 is 18.1. The molecule has 5 heteroatoms. The molecule has 0 bridgehead atoms. The molecule has 0 aliphatic rings. The molecule has 21 heavy (non-hydrogen) atoms. The van der Waals surface area contributed by atoms with Gasteiger partial charge in [0.25, 0.3) is 0 Å². The second-order valence-electron chi connectivity index (χ2n) is 5.44.